The van der Waals surface area contributed by atoms with Gasteiger partial charge in [-0.15, -0.1) is 0 Å². The van der Waals surface area contributed by atoms with E-state index in [2.05, 4.69) is 34.7 Å². The van der Waals surface area contributed by atoms with Crippen molar-refractivity contribution in [1.29, 1.82) is 0 Å². The lowest BCUT2D eigenvalue weighted by molar-refractivity contribution is -0.175. The molecule has 0 radical (unpaired) electrons. The van der Waals surface area contributed by atoms with Gasteiger partial charge in [-0.05, 0) is 93.4 Å². The first-order valence-corrected chi connectivity index (χ1v) is 14.1. The lowest BCUT2D eigenvalue weighted by atomic mass is 9.90. The summed E-state index contributed by atoms with van der Waals surface area (Å²) >= 11 is 14.7. The van der Waals surface area contributed by atoms with Crippen LogP contribution in [0.25, 0.3) is 0 Å². The first-order chi connectivity index (χ1) is 18.4. The summed E-state index contributed by atoms with van der Waals surface area (Å²) in [5.74, 6) is 0.719. The molecule has 0 aromatic heterocycles. The zero-order valence-electron chi connectivity index (χ0n) is 20.7. The maximum atomic E-state index is 14.1. The number of carbonyl (C=O) groups is 1. The van der Waals surface area contributed by atoms with Gasteiger partial charge >= 0.3 is 0 Å². The van der Waals surface area contributed by atoms with E-state index in [1.54, 1.807) is 7.11 Å². The number of nitrogens with zero attached hydrogens (tertiary/aromatic N) is 1. The van der Waals surface area contributed by atoms with Crippen LogP contribution in [0.3, 0.4) is 0 Å². The molecule has 1 aliphatic rings. The standard InChI is InChI=1S/C31H26Cl2INO3/c1-37-27-16-4-21(5-17-27)19-35-29(22-6-10-24(32)11-7-22)30(23-8-12-25(33)13-9-23)38-28(31(35)36)18-20-2-14-26(34)15-3-20/h2-17,28-30H,18-19H2,1H3/t28-,29+,30-/m0/s1. The molecule has 1 amide bonds. The SMILES string of the molecule is COc1ccc(CN2C(=O)[C@H](Cc3ccc(I)cc3)O[C@@H](c3ccc(Cl)cc3)[C@H]2c2ccc(Cl)cc2)cc1. The van der Waals surface area contributed by atoms with Crippen LogP contribution in [0.5, 0.6) is 5.75 Å². The Bertz CT molecular complexity index is 1380. The molecule has 1 aliphatic heterocycles. The van der Waals surface area contributed by atoms with Gasteiger partial charge in [0.1, 0.15) is 18.0 Å². The quantitative estimate of drug-likeness (QED) is 0.189. The van der Waals surface area contributed by atoms with E-state index in [0.717, 1.165) is 31.6 Å². The zero-order valence-corrected chi connectivity index (χ0v) is 24.4. The molecule has 0 spiro atoms. The van der Waals surface area contributed by atoms with Gasteiger partial charge in [0.15, 0.2) is 0 Å². The van der Waals surface area contributed by atoms with E-state index in [1.165, 1.54) is 0 Å². The lowest BCUT2D eigenvalue weighted by Crippen LogP contribution is -2.51. The fourth-order valence-corrected chi connectivity index (χ4v) is 5.41. The van der Waals surface area contributed by atoms with Crippen molar-refractivity contribution in [3.05, 3.63) is 133 Å². The predicted octanol–water partition coefficient (Wildman–Crippen LogP) is 8.06. The number of benzene rings is 4. The molecule has 3 atom stereocenters. The van der Waals surface area contributed by atoms with Crippen LogP contribution < -0.4 is 4.74 Å². The molecule has 1 heterocycles. The summed E-state index contributed by atoms with van der Waals surface area (Å²) in [6.45, 7) is 0.423. The molecule has 4 aromatic rings. The van der Waals surface area contributed by atoms with E-state index < -0.39 is 12.2 Å². The summed E-state index contributed by atoms with van der Waals surface area (Å²) in [4.78, 5) is 16.1. The van der Waals surface area contributed by atoms with E-state index in [4.69, 9.17) is 32.7 Å². The molecular formula is C31H26Cl2INO3. The minimum atomic E-state index is -0.641. The summed E-state index contributed by atoms with van der Waals surface area (Å²) in [6.07, 6.45) is -0.567. The molecule has 1 fully saturated rings. The van der Waals surface area contributed by atoms with Crippen molar-refractivity contribution in [1.82, 2.24) is 4.90 Å². The van der Waals surface area contributed by atoms with Crippen molar-refractivity contribution < 1.29 is 14.3 Å². The molecule has 4 aromatic carbocycles. The Morgan fingerprint density at radius 1 is 0.789 bits per heavy atom. The second-order valence-corrected chi connectivity index (χ2v) is 11.4. The molecule has 5 rings (SSSR count). The van der Waals surface area contributed by atoms with E-state index in [0.29, 0.717) is 23.0 Å². The third-order valence-corrected chi connectivity index (χ3v) is 7.97. The van der Waals surface area contributed by atoms with E-state index in [1.807, 2.05) is 89.8 Å². The highest BCUT2D eigenvalue weighted by Crippen LogP contribution is 2.43. The number of halogens is 3. The molecular weight excluding hydrogens is 632 g/mol. The van der Waals surface area contributed by atoms with Gasteiger partial charge in [0.05, 0.1) is 13.2 Å². The summed E-state index contributed by atoms with van der Waals surface area (Å²) < 4.78 is 13.1. The van der Waals surface area contributed by atoms with Gasteiger partial charge in [0, 0.05) is 26.6 Å². The number of carbonyl (C=O) groups excluding carboxylic acids is 1. The first-order valence-electron chi connectivity index (χ1n) is 12.3. The highest BCUT2D eigenvalue weighted by atomic mass is 127. The molecule has 0 aliphatic carbocycles. The average molecular weight is 658 g/mol. The van der Waals surface area contributed by atoms with Crippen molar-refractivity contribution in [3.63, 3.8) is 0 Å². The Hall–Kier alpha value is -2.58. The molecule has 4 nitrogen and oxygen atoms in total. The number of morpholine rings is 1. The molecule has 194 valence electrons. The Kier molecular flexibility index (Phi) is 8.58. The summed E-state index contributed by atoms with van der Waals surface area (Å²) in [5, 5.41) is 1.28. The van der Waals surface area contributed by atoms with Crippen molar-refractivity contribution in [3.8, 4) is 5.75 Å². The summed E-state index contributed by atoms with van der Waals surface area (Å²) in [5.41, 5.74) is 3.95. The average Bonchev–Trinajstić information content (AvgIpc) is 2.93. The number of hydrogen-bond acceptors (Lipinski definition) is 3. The number of hydrogen-bond donors (Lipinski definition) is 0. The Balaban J connectivity index is 1.58. The number of rotatable bonds is 7. The smallest absolute Gasteiger partial charge is 0.253 e. The Morgan fingerprint density at radius 2 is 1.34 bits per heavy atom. The normalized spacial score (nSPS) is 19.4. The second kappa shape index (κ2) is 12.1. The predicted molar refractivity (Wildman–Crippen MR) is 160 cm³/mol. The molecule has 38 heavy (non-hydrogen) atoms. The van der Waals surface area contributed by atoms with Gasteiger partial charge in [-0.1, -0.05) is 71.7 Å². The third-order valence-electron chi connectivity index (χ3n) is 6.75. The Morgan fingerprint density at radius 3 is 1.92 bits per heavy atom. The maximum absolute atomic E-state index is 14.1. The van der Waals surface area contributed by atoms with Crippen LogP contribution in [0.15, 0.2) is 97.1 Å². The highest BCUT2D eigenvalue weighted by Gasteiger charge is 2.44. The van der Waals surface area contributed by atoms with E-state index in [9.17, 15) is 4.79 Å². The largest absolute Gasteiger partial charge is 0.497 e. The topological polar surface area (TPSA) is 38.8 Å². The van der Waals surface area contributed by atoms with Gasteiger partial charge in [-0.2, -0.15) is 0 Å². The van der Waals surface area contributed by atoms with Gasteiger partial charge in [0.2, 0.25) is 0 Å². The molecule has 0 bridgehead atoms. The van der Waals surface area contributed by atoms with Crippen LogP contribution >= 0.6 is 45.8 Å². The van der Waals surface area contributed by atoms with Crippen molar-refractivity contribution in [2.24, 2.45) is 0 Å². The molecule has 0 saturated carbocycles. The van der Waals surface area contributed by atoms with Crippen LogP contribution in [-0.4, -0.2) is 24.0 Å². The Labute approximate surface area is 246 Å². The summed E-state index contributed by atoms with van der Waals surface area (Å²) in [6, 6.07) is 30.9. The van der Waals surface area contributed by atoms with Gasteiger partial charge in [-0.3, -0.25) is 4.79 Å². The molecule has 0 unspecified atom stereocenters. The van der Waals surface area contributed by atoms with Crippen LogP contribution in [0.2, 0.25) is 10.0 Å². The minimum Gasteiger partial charge on any atom is -0.497 e. The van der Waals surface area contributed by atoms with Gasteiger partial charge < -0.3 is 14.4 Å². The third kappa shape index (κ3) is 6.18. The van der Waals surface area contributed by atoms with Crippen LogP contribution in [0.1, 0.15) is 34.4 Å². The van der Waals surface area contributed by atoms with Crippen molar-refractivity contribution in [2.75, 3.05) is 7.11 Å². The summed E-state index contributed by atoms with van der Waals surface area (Å²) in [7, 11) is 1.64. The van der Waals surface area contributed by atoms with Crippen LogP contribution in [0, 0.1) is 3.57 Å². The number of amides is 1. The fraction of sp³-hybridized carbons (Fsp3) is 0.194. The van der Waals surface area contributed by atoms with Gasteiger partial charge in [-0.25, -0.2) is 0 Å². The van der Waals surface area contributed by atoms with E-state index >= 15 is 0 Å². The minimum absolute atomic E-state index is 0.0514. The lowest BCUT2D eigenvalue weighted by Gasteiger charge is -2.45. The first kappa shape index (κ1) is 27.0. The number of ether oxygens (including phenoxy) is 2. The molecule has 1 saturated heterocycles. The molecule has 7 heteroatoms. The van der Waals surface area contributed by atoms with E-state index in [-0.39, 0.29) is 11.9 Å². The van der Waals surface area contributed by atoms with Crippen LogP contribution in [0.4, 0.5) is 0 Å². The second-order valence-electron chi connectivity index (χ2n) is 9.24. The number of methoxy groups -OCH3 is 1. The van der Waals surface area contributed by atoms with Gasteiger partial charge in [0.25, 0.3) is 5.91 Å². The fourth-order valence-electron chi connectivity index (χ4n) is 4.80. The monoisotopic (exact) mass is 657 g/mol. The van der Waals surface area contributed by atoms with Crippen LogP contribution in [-0.2, 0) is 22.5 Å². The van der Waals surface area contributed by atoms with Crippen molar-refractivity contribution >= 4 is 51.7 Å². The zero-order chi connectivity index (χ0) is 26.6. The van der Waals surface area contributed by atoms with Crippen molar-refractivity contribution in [2.45, 2.75) is 31.2 Å². The maximum Gasteiger partial charge on any atom is 0.253 e. The highest BCUT2D eigenvalue weighted by molar-refractivity contribution is 14.1. The molecule has 0 N–H and O–H groups in total.